The van der Waals surface area contributed by atoms with E-state index in [2.05, 4.69) is 35.6 Å². The molecular formula is C16H23NO. The molecule has 1 aromatic carbocycles. The lowest BCUT2D eigenvalue weighted by atomic mass is 9.73. The van der Waals surface area contributed by atoms with Crippen LogP contribution in [0.1, 0.15) is 56.6 Å². The SMILES string of the molecule is O[C@@H]1C[C@H](c2ccccc2)NC2(CCCCC2)C1. The first-order valence-electron chi connectivity index (χ1n) is 7.28. The maximum absolute atomic E-state index is 10.2. The van der Waals surface area contributed by atoms with Crippen molar-refractivity contribution in [3.8, 4) is 0 Å². The molecule has 2 heteroatoms. The number of aliphatic hydroxyl groups excluding tert-OH is 1. The van der Waals surface area contributed by atoms with Gasteiger partial charge in [0.2, 0.25) is 0 Å². The van der Waals surface area contributed by atoms with Gasteiger partial charge in [0.15, 0.2) is 0 Å². The Morgan fingerprint density at radius 1 is 1.06 bits per heavy atom. The fourth-order valence-electron chi connectivity index (χ4n) is 3.78. The van der Waals surface area contributed by atoms with E-state index in [1.165, 1.54) is 37.7 Å². The molecule has 1 spiro atoms. The third-order valence-corrected chi connectivity index (χ3v) is 4.63. The summed E-state index contributed by atoms with van der Waals surface area (Å²) in [5.74, 6) is 0. The molecule has 2 nitrogen and oxygen atoms in total. The summed E-state index contributed by atoms with van der Waals surface area (Å²) in [4.78, 5) is 0. The molecule has 18 heavy (non-hydrogen) atoms. The third-order valence-electron chi connectivity index (χ3n) is 4.63. The lowest BCUT2D eigenvalue weighted by Gasteiger charge is -2.47. The quantitative estimate of drug-likeness (QED) is 0.796. The Balaban J connectivity index is 1.80. The van der Waals surface area contributed by atoms with Gasteiger partial charge in [0.1, 0.15) is 0 Å². The molecule has 2 aliphatic rings. The van der Waals surface area contributed by atoms with Crippen LogP contribution in [0.4, 0.5) is 0 Å². The maximum Gasteiger partial charge on any atom is 0.0576 e. The van der Waals surface area contributed by atoms with Crippen LogP contribution in [0.2, 0.25) is 0 Å². The summed E-state index contributed by atoms with van der Waals surface area (Å²) in [7, 11) is 0. The molecule has 98 valence electrons. The van der Waals surface area contributed by atoms with E-state index in [9.17, 15) is 5.11 Å². The van der Waals surface area contributed by atoms with Crippen LogP contribution in [-0.4, -0.2) is 16.7 Å². The largest absolute Gasteiger partial charge is 0.393 e. The van der Waals surface area contributed by atoms with Gasteiger partial charge in [0, 0.05) is 11.6 Å². The number of nitrogens with one attached hydrogen (secondary N) is 1. The van der Waals surface area contributed by atoms with Gasteiger partial charge in [-0.3, -0.25) is 0 Å². The molecule has 1 saturated heterocycles. The first-order chi connectivity index (χ1) is 8.77. The summed E-state index contributed by atoms with van der Waals surface area (Å²) >= 11 is 0. The average Bonchev–Trinajstić information content (AvgIpc) is 2.40. The summed E-state index contributed by atoms with van der Waals surface area (Å²) in [6.07, 6.45) is 8.08. The fourth-order valence-corrected chi connectivity index (χ4v) is 3.78. The molecule has 2 fully saturated rings. The van der Waals surface area contributed by atoms with E-state index in [1.54, 1.807) is 0 Å². The Labute approximate surface area is 109 Å². The van der Waals surface area contributed by atoms with E-state index >= 15 is 0 Å². The van der Waals surface area contributed by atoms with Crippen LogP contribution in [0.3, 0.4) is 0 Å². The van der Waals surface area contributed by atoms with Gasteiger partial charge < -0.3 is 10.4 Å². The van der Waals surface area contributed by atoms with Gasteiger partial charge in [-0.2, -0.15) is 0 Å². The lowest BCUT2D eigenvalue weighted by Crippen LogP contribution is -2.54. The summed E-state index contributed by atoms with van der Waals surface area (Å²) in [5.41, 5.74) is 1.53. The highest BCUT2D eigenvalue weighted by Gasteiger charge is 2.40. The van der Waals surface area contributed by atoms with Crippen LogP contribution in [-0.2, 0) is 0 Å². The Morgan fingerprint density at radius 2 is 1.78 bits per heavy atom. The predicted molar refractivity (Wildman–Crippen MR) is 73.4 cm³/mol. The van der Waals surface area contributed by atoms with Crippen molar-refractivity contribution in [2.75, 3.05) is 0 Å². The molecule has 1 aromatic rings. The molecule has 1 heterocycles. The molecular weight excluding hydrogens is 222 g/mol. The van der Waals surface area contributed by atoms with E-state index in [-0.39, 0.29) is 11.6 Å². The van der Waals surface area contributed by atoms with E-state index in [0.29, 0.717) is 6.04 Å². The zero-order valence-corrected chi connectivity index (χ0v) is 10.9. The minimum Gasteiger partial charge on any atom is -0.393 e. The van der Waals surface area contributed by atoms with Crippen LogP contribution in [0.25, 0.3) is 0 Å². The number of benzene rings is 1. The Kier molecular flexibility index (Phi) is 3.40. The second-order valence-corrected chi connectivity index (χ2v) is 6.04. The average molecular weight is 245 g/mol. The second kappa shape index (κ2) is 5.02. The van der Waals surface area contributed by atoms with Crippen molar-refractivity contribution < 1.29 is 5.11 Å². The monoisotopic (exact) mass is 245 g/mol. The van der Waals surface area contributed by atoms with Gasteiger partial charge >= 0.3 is 0 Å². The molecule has 2 atom stereocenters. The second-order valence-electron chi connectivity index (χ2n) is 6.04. The van der Waals surface area contributed by atoms with Crippen LogP contribution < -0.4 is 5.32 Å². The molecule has 2 N–H and O–H groups in total. The van der Waals surface area contributed by atoms with E-state index in [0.717, 1.165) is 12.8 Å². The number of aliphatic hydroxyl groups is 1. The van der Waals surface area contributed by atoms with Crippen LogP contribution in [0.15, 0.2) is 30.3 Å². The summed E-state index contributed by atoms with van der Waals surface area (Å²) in [6.45, 7) is 0. The van der Waals surface area contributed by atoms with E-state index < -0.39 is 0 Å². The highest BCUT2D eigenvalue weighted by atomic mass is 16.3. The summed E-state index contributed by atoms with van der Waals surface area (Å²) in [5, 5.41) is 14.1. The van der Waals surface area contributed by atoms with Crippen molar-refractivity contribution in [3.05, 3.63) is 35.9 Å². The van der Waals surface area contributed by atoms with Gasteiger partial charge in [-0.1, -0.05) is 49.6 Å². The Morgan fingerprint density at radius 3 is 2.50 bits per heavy atom. The summed E-state index contributed by atoms with van der Waals surface area (Å²) in [6, 6.07) is 10.9. The standard InChI is InChI=1S/C16H23NO/c18-14-11-15(13-7-3-1-4-8-13)17-16(12-14)9-5-2-6-10-16/h1,3-4,7-8,14-15,17-18H,2,5-6,9-12H2/t14-,15-/m1/s1. The minimum absolute atomic E-state index is 0.144. The zero-order valence-electron chi connectivity index (χ0n) is 10.9. The Bertz CT molecular complexity index is 383. The van der Waals surface area contributed by atoms with Gasteiger partial charge in [-0.15, -0.1) is 0 Å². The number of piperidine rings is 1. The van der Waals surface area contributed by atoms with Gasteiger partial charge in [-0.25, -0.2) is 0 Å². The zero-order chi connectivity index (χ0) is 12.4. The molecule has 1 saturated carbocycles. The number of hydrogen-bond donors (Lipinski definition) is 2. The number of hydrogen-bond acceptors (Lipinski definition) is 2. The molecule has 1 aliphatic heterocycles. The van der Waals surface area contributed by atoms with Crippen LogP contribution >= 0.6 is 0 Å². The molecule has 0 bridgehead atoms. The first-order valence-corrected chi connectivity index (χ1v) is 7.28. The fraction of sp³-hybridized carbons (Fsp3) is 0.625. The van der Waals surface area contributed by atoms with Crippen molar-refractivity contribution in [2.24, 2.45) is 0 Å². The molecule has 0 radical (unpaired) electrons. The predicted octanol–water partition coefficient (Wildman–Crippen LogP) is 3.17. The molecule has 3 rings (SSSR count). The molecule has 0 unspecified atom stereocenters. The first kappa shape index (κ1) is 12.2. The van der Waals surface area contributed by atoms with Crippen molar-refractivity contribution in [3.63, 3.8) is 0 Å². The minimum atomic E-state index is -0.144. The number of rotatable bonds is 1. The third kappa shape index (κ3) is 2.45. The van der Waals surface area contributed by atoms with Gasteiger partial charge in [0.05, 0.1) is 6.10 Å². The van der Waals surface area contributed by atoms with Gasteiger partial charge in [-0.05, 0) is 31.2 Å². The van der Waals surface area contributed by atoms with Crippen molar-refractivity contribution in [2.45, 2.75) is 62.6 Å². The smallest absolute Gasteiger partial charge is 0.0576 e. The highest BCUT2D eigenvalue weighted by molar-refractivity contribution is 5.21. The van der Waals surface area contributed by atoms with E-state index in [4.69, 9.17) is 0 Å². The lowest BCUT2D eigenvalue weighted by molar-refractivity contribution is 0.0347. The summed E-state index contributed by atoms with van der Waals surface area (Å²) < 4.78 is 0. The molecule has 0 aromatic heterocycles. The van der Waals surface area contributed by atoms with Crippen molar-refractivity contribution in [1.82, 2.24) is 5.32 Å². The van der Waals surface area contributed by atoms with Crippen LogP contribution in [0.5, 0.6) is 0 Å². The highest BCUT2D eigenvalue weighted by Crippen LogP contribution is 2.39. The van der Waals surface area contributed by atoms with Gasteiger partial charge in [0.25, 0.3) is 0 Å². The topological polar surface area (TPSA) is 32.3 Å². The molecule has 0 amide bonds. The maximum atomic E-state index is 10.2. The Hall–Kier alpha value is -0.860. The van der Waals surface area contributed by atoms with Crippen molar-refractivity contribution in [1.29, 1.82) is 0 Å². The van der Waals surface area contributed by atoms with Crippen LogP contribution in [0, 0.1) is 0 Å². The van der Waals surface area contributed by atoms with Crippen molar-refractivity contribution >= 4 is 0 Å². The molecule has 1 aliphatic carbocycles. The van der Waals surface area contributed by atoms with E-state index in [1.807, 2.05) is 0 Å². The normalized spacial score (nSPS) is 31.4.